The Labute approximate surface area is 109 Å². The second kappa shape index (κ2) is 5.02. The molecule has 0 bridgehead atoms. The molecule has 8 nitrogen and oxygen atoms in total. The summed E-state index contributed by atoms with van der Waals surface area (Å²) < 4.78 is 1.49. The molecule has 0 atom stereocenters. The van der Waals surface area contributed by atoms with Crippen LogP contribution in [-0.2, 0) is 6.54 Å². The number of nitro benzene ring substituents is 1. The van der Waals surface area contributed by atoms with Gasteiger partial charge in [-0.05, 0) is 26.2 Å². The number of anilines is 1. The molecule has 0 aliphatic rings. The van der Waals surface area contributed by atoms with Crippen molar-refractivity contribution in [3.8, 4) is 5.69 Å². The number of nitrogen functional groups attached to an aromatic ring is 1. The van der Waals surface area contributed by atoms with Crippen LogP contribution in [0.3, 0.4) is 0 Å². The molecule has 100 valence electrons. The van der Waals surface area contributed by atoms with E-state index in [2.05, 4.69) is 10.3 Å². The summed E-state index contributed by atoms with van der Waals surface area (Å²) in [5.41, 5.74) is 6.87. The van der Waals surface area contributed by atoms with Gasteiger partial charge in [-0.2, -0.15) is 0 Å². The summed E-state index contributed by atoms with van der Waals surface area (Å²) in [6.45, 7) is 0.650. The third-order valence-electron chi connectivity index (χ3n) is 2.49. The minimum Gasteiger partial charge on any atom is -0.393 e. The molecule has 0 saturated heterocycles. The second-order valence-electron chi connectivity index (χ2n) is 4.39. The Morgan fingerprint density at radius 3 is 2.84 bits per heavy atom. The minimum atomic E-state index is -0.517. The van der Waals surface area contributed by atoms with Gasteiger partial charge in [0.2, 0.25) is 0 Å². The van der Waals surface area contributed by atoms with Crippen LogP contribution in [0.2, 0.25) is 0 Å². The van der Waals surface area contributed by atoms with Gasteiger partial charge in [0.1, 0.15) is 5.69 Å². The third kappa shape index (κ3) is 2.86. The van der Waals surface area contributed by atoms with Gasteiger partial charge < -0.3 is 10.6 Å². The summed E-state index contributed by atoms with van der Waals surface area (Å²) in [5.74, 6) is 0. The fourth-order valence-corrected chi connectivity index (χ4v) is 1.65. The van der Waals surface area contributed by atoms with E-state index in [1.54, 1.807) is 12.3 Å². The van der Waals surface area contributed by atoms with E-state index in [1.165, 1.54) is 16.8 Å². The van der Waals surface area contributed by atoms with Crippen LogP contribution in [0.1, 0.15) is 5.69 Å². The number of nitro groups is 1. The molecular formula is C11H14N6O2. The highest BCUT2D eigenvalue weighted by molar-refractivity contribution is 5.62. The molecule has 19 heavy (non-hydrogen) atoms. The third-order valence-corrected chi connectivity index (χ3v) is 2.49. The van der Waals surface area contributed by atoms with Gasteiger partial charge >= 0.3 is 0 Å². The largest absolute Gasteiger partial charge is 0.393 e. The van der Waals surface area contributed by atoms with Crippen molar-refractivity contribution < 1.29 is 4.92 Å². The lowest BCUT2D eigenvalue weighted by molar-refractivity contribution is -0.383. The summed E-state index contributed by atoms with van der Waals surface area (Å²) in [5, 5.41) is 18.8. The molecule has 2 N–H and O–H groups in total. The van der Waals surface area contributed by atoms with Crippen LogP contribution < -0.4 is 5.73 Å². The molecule has 0 fully saturated rings. The van der Waals surface area contributed by atoms with E-state index in [0.29, 0.717) is 12.2 Å². The zero-order valence-corrected chi connectivity index (χ0v) is 10.6. The molecule has 1 heterocycles. The van der Waals surface area contributed by atoms with E-state index in [-0.39, 0.29) is 11.4 Å². The van der Waals surface area contributed by atoms with Crippen LogP contribution in [0.4, 0.5) is 11.4 Å². The van der Waals surface area contributed by atoms with Gasteiger partial charge in [0.25, 0.3) is 5.69 Å². The van der Waals surface area contributed by atoms with Crippen molar-refractivity contribution in [1.82, 2.24) is 19.9 Å². The Bertz CT molecular complexity index is 607. The van der Waals surface area contributed by atoms with E-state index in [1.807, 2.05) is 19.0 Å². The van der Waals surface area contributed by atoms with Gasteiger partial charge in [0.15, 0.2) is 0 Å². The van der Waals surface area contributed by atoms with Crippen molar-refractivity contribution in [3.63, 3.8) is 0 Å². The summed E-state index contributed by atoms with van der Waals surface area (Å²) in [6, 6.07) is 4.53. The molecule has 2 rings (SSSR count). The highest BCUT2D eigenvalue weighted by Crippen LogP contribution is 2.23. The normalized spacial score (nSPS) is 10.9. The number of rotatable bonds is 4. The summed E-state index contributed by atoms with van der Waals surface area (Å²) in [7, 11) is 3.85. The van der Waals surface area contributed by atoms with E-state index >= 15 is 0 Å². The van der Waals surface area contributed by atoms with Gasteiger partial charge in [-0.3, -0.25) is 10.1 Å². The van der Waals surface area contributed by atoms with Crippen molar-refractivity contribution in [2.75, 3.05) is 19.8 Å². The first-order chi connectivity index (χ1) is 8.97. The Hall–Kier alpha value is -2.48. The first-order valence-electron chi connectivity index (χ1n) is 5.57. The van der Waals surface area contributed by atoms with Gasteiger partial charge in [0.05, 0.1) is 22.5 Å². The maximum Gasteiger partial charge on any atom is 0.294 e. The molecule has 0 saturated carbocycles. The molecule has 0 spiro atoms. The number of hydrogen-bond acceptors (Lipinski definition) is 6. The molecule has 8 heteroatoms. The highest BCUT2D eigenvalue weighted by Gasteiger charge is 2.13. The number of benzene rings is 1. The maximum absolute atomic E-state index is 10.8. The molecule has 0 aliphatic heterocycles. The van der Waals surface area contributed by atoms with Crippen molar-refractivity contribution in [3.05, 3.63) is 40.2 Å². The number of aromatic nitrogens is 3. The number of nitrogens with two attached hydrogens (primary N) is 1. The molecule has 2 aromatic rings. The Kier molecular flexibility index (Phi) is 3.43. The molecule has 0 radical (unpaired) electrons. The quantitative estimate of drug-likeness (QED) is 0.497. The van der Waals surface area contributed by atoms with Gasteiger partial charge in [0, 0.05) is 12.6 Å². The molecule has 0 unspecified atom stereocenters. The smallest absolute Gasteiger partial charge is 0.294 e. The lowest BCUT2D eigenvalue weighted by Crippen LogP contribution is -2.10. The predicted molar refractivity (Wildman–Crippen MR) is 69.8 cm³/mol. The maximum atomic E-state index is 10.8. The Morgan fingerprint density at radius 1 is 1.47 bits per heavy atom. The van der Waals surface area contributed by atoms with E-state index in [0.717, 1.165) is 5.69 Å². The average Bonchev–Trinajstić information content (AvgIpc) is 2.76. The van der Waals surface area contributed by atoms with Gasteiger partial charge in [-0.1, -0.05) is 5.21 Å². The van der Waals surface area contributed by atoms with Crippen LogP contribution in [0, 0.1) is 10.1 Å². The van der Waals surface area contributed by atoms with Crippen molar-refractivity contribution >= 4 is 11.4 Å². The molecule has 0 amide bonds. The lowest BCUT2D eigenvalue weighted by Gasteiger charge is -2.04. The number of hydrogen-bond donors (Lipinski definition) is 1. The summed E-state index contributed by atoms with van der Waals surface area (Å²) in [4.78, 5) is 12.3. The molecule has 1 aromatic carbocycles. The van der Waals surface area contributed by atoms with E-state index in [9.17, 15) is 10.1 Å². The minimum absolute atomic E-state index is 0.127. The lowest BCUT2D eigenvalue weighted by atomic mass is 10.2. The second-order valence-corrected chi connectivity index (χ2v) is 4.39. The van der Waals surface area contributed by atoms with Crippen molar-refractivity contribution in [1.29, 1.82) is 0 Å². The number of nitrogens with zero attached hydrogens (tertiary/aromatic N) is 5. The van der Waals surface area contributed by atoms with Gasteiger partial charge in [-0.25, -0.2) is 4.68 Å². The first kappa shape index (κ1) is 13.0. The fourth-order valence-electron chi connectivity index (χ4n) is 1.65. The molecule has 0 aliphatic carbocycles. The fraction of sp³-hybridized carbons (Fsp3) is 0.273. The predicted octanol–water partition coefficient (Wildman–Crippen LogP) is 0.819. The summed E-state index contributed by atoms with van der Waals surface area (Å²) in [6.07, 6.45) is 1.73. The van der Waals surface area contributed by atoms with Crippen LogP contribution in [0.15, 0.2) is 24.4 Å². The van der Waals surface area contributed by atoms with Crippen LogP contribution in [0.5, 0.6) is 0 Å². The Balaban J connectivity index is 2.34. The average molecular weight is 262 g/mol. The zero-order chi connectivity index (χ0) is 14.0. The van der Waals surface area contributed by atoms with Crippen molar-refractivity contribution in [2.24, 2.45) is 0 Å². The monoisotopic (exact) mass is 262 g/mol. The zero-order valence-electron chi connectivity index (χ0n) is 10.6. The topological polar surface area (TPSA) is 103 Å². The van der Waals surface area contributed by atoms with Crippen LogP contribution in [-0.4, -0.2) is 38.9 Å². The van der Waals surface area contributed by atoms with Crippen molar-refractivity contribution in [2.45, 2.75) is 6.54 Å². The van der Waals surface area contributed by atoms with E-state index in [4.69, 9.17) is 5.73 Å². The van der Waals surface area contributed by atoms with Gasteiger partial charge in [-0.15, -0.1) is 5.10 Å². The summed E-state index contributed by atoms with van der Waals surface area (Å²) >= 11 is 0. The van der Waals surface area contributed by atoms with Crippen LogP contribution >= 0.6 is 0 Å². The Morgan fingerprint density at radius 2 is 2.21 bits per heavy atom. The standard InChI is InChI=1S/C11H14N6O2/c1-15(2)6-8-7-16(14-13-8)9-3-4-10(12)11(5-9)17(18)19/h3-5,7H,6,12H2,1-2H3. The first-order valence-corrected chi connectivity index (χ1v) is 5.57. The SMILES string of the molecule is CN(C)Cc1cn(-c2ccc(N)c([N+](=O)[O-])c2)nn1. The molecule has 1 aromatic heterocycles. The van der Waals surface area contributed by atoms with E-state index < -0.39 is 4.92 Å². The molecular weight excluding hydrogens is 248 g/mol. The highest BCUT2D eigenvalue weighted by atomic mass is 16.6. The van der Waals surface area contributed by atoms with Crippen LogP contribution in [0.25, 0.3) is 5.69 Å².